The Bertz CT molecular complexity index is 489. The standard InChI is InChI=1S/C16H22BrF2NO/c1-20-14(16(21-2)8-4-3-5-9-16)10-11-13(18)7-6-12(17)15(11)19/h6-7,14,20H,3-5,8-10H2,1-2H3. The van der Waals surface area contributed by atoms with Crippen LogP contribution in [0.2, 0.25) is 0 Å². The number of methoxy groups -OCH3 is 1. The summed E-state index contributed by atoms with van der Waals surface area (Å²) < 4.78 is 34.3. The summed E-state index contributed by atoms with van der Waals surface area (Å²) in [6.45, 7) is 0. The molecule has 1 unspecified atom stereocenters. The Kier molecular flexibility index (Phi) is 5.74. The molecule has 0 saturated heterocycles. The first-order valence-corrected chi connectivity index (χ1v) is 8.18. The molecule has 0 heterocycles. The molecule has 0 aliphatic heterocycles. The van der Waals surface area contributed by atoms with E-state index < -0.39 is 11.6 Å². The first-order chi connectivity index (χ1) is 10.0. The van der Waals surface area contributed by atoms with Crippen LogP contribution in [-0.4, -0.2) is 25.8 Å². The van der Waals surface area contributed by atoms with Gasteiger partial charge in [0.05, 0.1) is 10.1 Å². The quantitative estimate of drug-likeness (QED) is 0.793. The Labute approximate surface area is 133 Å². The number of benzene rings is 1. The van der Waals surface area contributed by atoms with E-state index in [9.17, 15) is 8.78 Å². The molecule has 0 aromatic heterocycles. The first kappa shape index (κ1) is 16.8. The average Bonchev–Trinajstić information content (AvgIpc) is 2.52. The molecular weight excluding hydrogens is 340 g/mol. The highest BCUT2D eigenvalue weighted by atomic mass is 79.9. The summed E-state index contributed by atoms with van der Waals surface area (Å²) in [6.07, 6.45) is 5.51. The van der Waals surface area contributed by atoms with E-state index in [4.69, 9.17) is 4.74 Å². The second-order valence-electron chi connectivity index (χ2n) is 5.70. The highest BCUT2D eigenvalue weighted by Gasteiger charge is 2.40. The van der Waals surface area contributed by atoms with Gasteiger partial charge in [0.25, 0.3) is 0 Å². The van der Waals surface area contributed by atoms with Gasteiger partial charge in [-0.15, -0.1) is 0 Å². The molecule has 2 rings (SSSR count). The Balaban J connectivity index is 2.28. The number of likely N-dealkylation sites (N-methyl/N-ethyl adjacent to an activating group) is 1. The van der Waals surface area contributed by atoms with E-state index in [1.807, 2.05) is 7.05 Å². The SMILES string of the molecule is CNC(Cc1c(F)ccc(Br)c1F)C1(OC)CCCCC1. The number of nitrogens with one attached hydrogen (secondary N) is 1. The van der Waals surface area contributed by atoms with E-state index in [1.165, 1.54) is 18.6 Å². The van der Waals surface area contributed by atoms with Crippen molar-refractivity contribution < 1.29 is 13.5 Å². The zero-order chi connectivity index (χ0) is 15.5. The van der Waals surface area contributed by atoms with Gasteiger partial charge >= 0.3 is 0 Å². The lowest BCUT2D eigenvalue weighted by atomic mass is 9.77. The van der Waals surface area contributed by atoms with Crippen molar-refractivity contribution in [3.8, 4) is 0 Å². The molecule has 0 bridgehead atoms. The topological polar surface area (TPSA) is 21.3 Å². The maximum absolute atomic E-state index is 14.2. The van der Waals surface area contributed by atoms with Crippen molar-refractivity contribution in [3.63, 3.8) is 0 Å². The summed E-state index contributed by atoms with van der Waals surface area (Å²) in [4.78, 5) is 0. The minimum atomic E-state index is -0.516. The molecule has 1 atom stereocenters. The van der Waals surface area contributed by atoms with Crippen molar-refractivity contribution >= 4 is 15.9 Å². The molecule has 118 valence electrons. The molecule has 5 heteroatoms. The van der Waals surface area contributed by atoms with Crippen LogP contribution in [0.25, 0.3) is 0 Å². The normalized spacial score (nSPS) is 19.5. The van der Waals surface area contributed by atoms with Crippen LogP contribution < -0.4 is 5.32 Å². The van der Waals surface area contributed by atoms with Gasteiger partial charge in [-0.25, -0.2) is 8.78 Å². The van der Waals surface area contributed by atoms with Crippen LogP contribution in [0.3, 0.4) is 0 Å². The summed E-state index contributed by atoms with van der Waals surface area (Å²) in [5, 5.41) is 3.21. The lowest BCUT2D eigenvalue weighted by molar-refractivity contribution is -0.0659. The van der Waals surface area contributed by atoms with Crippen LogP contribution in [0.1, 0.15) is 37.7 Å². The van der Waals surface area contributed by atoms with Crippen molar-refractivity contribution in [1.82, 2.24) is 5.32 Å². The maximum atomic E-state index is 14.2. The molecule has 2 nitrogen and oxygen atoms in total. The van der Waals surface area contributed by atoms with Crippen LogP contribution in [0, 0.1) is 11.6 Å². The Morgan fingerprint density at radius 3 is 2.52 bits per heavy atom. The summed E-state index contributed by atoms with van der Waals surface area (Å²) >= 11 is 3.13. The molecule has 1 N–H and O–H groups in total. The molecule has 0 radical (unpaired) electrons. The highest BCUT2D eigenvalue weighted by Crippen LogP contribution is 2.36. The predicted molar refractivity (Wildman–Crippen MR) is 83.4 cm³/mol. The average molecular weight is 362 g/mol. The second kappa shape index (κ2) is 7.16. The number of rotatable bonds is 5. The van der Waals surface area contributed by atoms with E-state index in [2.05, 4.69) is 21.2 Å². The first-order valence-electron chi connectivity index (χ1n) is 7.39. The lowest BCUT2D eigenvalue weighted by Gasteiger charge is -2.42. The van der Waals surface area contributed by atoms with Gasteiger partial charge in [-0.3, -0.25) is 0 Å². The van der Waals surface area contributed by atoms with Crippen LogP contribution in [0.4, 0.5) is 8.78 Å². The Morgan fingerprint density at radius 1 is 1.29 bits per heavy atom. The van der Waals surface area contributed by atoms with Gasteiger partial charge in [0.15, 0.2) is 0 Å². The van der Waals surface area contributed by atoms with E-state index in [1.54, 1.807) is 7.11 Å². The van der Waals surface area contributed by atoms with Gasteiger partial charge in [-0.1, -0.05) is 19.3 Å². The predicted octanol–water partition coefficient (Wildman–Crippen LogP) is 4.21. The number of hydrogen-bond acceptors (Lipinski definition) is 2. The van der Waals surface area contributed by atoms with Crippen molar-refractivity contribution in [3.05, 3.63) is 33.8 Å². The van der Waals surface area contributed by atoms with E-state index in [0.717, 1.165) is 25.7 Å². The van der Waals surface area contributed by atoms with Crippen molar-refractivity contribution in [2.45, 2.75) is 50.2 Å². The summed E-state index contributed by atoms with van der Waals surface area (Å²) in [6, 6.07) is 2.59. The molecule has 1 aliphatic carbocycles. The largest absolute Gasteiger partial charge is 0.377 e. The molecule has 0 amide bonds. The van der Waals surface area contributed by atoms with Gasteiger partial charge < -0.3 is 10.1 Å². The minimum Gasteiger partial charge on any atom is -0.377 e. The van der Waals surface area contributed by atoms with Crippen LogP contribution in [-0.2, 0) is 11.2 Å². The van der Waals surface area contributed by atoms with E-state index >= 15 is 0 Å². The molecule has 1 saturated carbocycles. The summed E-state index contributed by atoms with van der Waals surface area (Å²) in [5.41, 5.74) is -0.223. The monoisotopic (exact) mass is 361 g/mol. The van der Waals surface area contributed by atoms with Crippen LogP contribution >= 0.6 is 15.9 Å². The number of hydrogen-bond donors (Lipinski definition) is 1. The minimum absolute atomic E-state index is 0.110. The molecular formula is C16H22BrF2NO. The third-order valence-corrected chi connectivity index (χ3v) is 5.25. The third kappa shape index (κ3) is 3.46. The lowest BCUT2D eigenvalue weighted by Crippen LogP contribution is -2.53. The second-order valence-corrected chi connectivity index (χ2v) is 6.55. The van der Waals surface area contributed by atoms with Gasteiger partial charge in [-0.2, -0.15) is 0 Å². The van der Waals surface area contributed by atoms with Gasteiger partial charge in [0.1, 0.15) is 11.6 Å². The van der Waals surface area contributed by atoms with Gasteiger partial charge in [0, 0.05) is 18.7 Å². The smallest absolute Gasteiger partial charge is 0.143 e. The third-order valence-electron chi connectivity index (χ3n) is 4.64. The summed E-state index contributed by atoms with van der Waals surface area (Å²) in [5.74, 6) is -1.02. The zero-order valence-corrected chi connectivity index (χ0v) is 14.1. The fraction of sp³-hybridized carbons (Fsp3) is 0.625. The van der Waals surface area contributed by atoms with Crippen LogP contribution in [0.15, 0.2) is 16.6 Å². The van der Waals surface area contributed by atoms with Crippen molar-refractivity contribution in [2.75, 3.05) is 14.2 Å². The fourth-order valence-corrected chi connectivity index (χ4v) is 3.73. The Hall–Kier alpha value is -0.520. The fourth-order valence-electron chi connectivity index (χ4n) is 3.36. The molecule has 1 fully saturated rings. The maximum Gasteiger partial charge on any atom is 0.143 e. The molecule has 1 aromatic carbocycles. The zero-order valence-electron chi connectivity index (χ0n) is 12.5. The van der Waals surface area contributed by atoms with Crippen molar-refractivity contribution in [2.24, 2.45) is 0 Å². The molecule has 21 heavy (non-hydrogen) atoms. The van der Waals surface area contributed by atoms with E-state index in [-0.39, 0.29) is 23.6 Å². The summed E-state index contributed by atoms with van der Waals surface area (Å²) in [7, 11) is 3.52. The number of halogens is 3. The van der Waals surface area contributed by atoms with E-state index in [0.29, 0.717) is 4.47 Å². The molecule has 1 aliphatic rings. The van der Waals surface area contributed by atoms with Gasteiger partial charge in [0.2, 0.25) is 0 Å². The van der Waals surface area contributed by atoms with Crippen molar-refractivity contribution in [1.29, 1.82) is 0 Å². The number of ether oxygens (including phenoxy) is 1. The van der Waals surface area contributed by atoms with Gasteiger partial charge in [-0.05, 0) is 54.4 Å². The highest BCUT2D eigenvalue weighted by molar-refractivity contribution is 9.10. The van der Waals surface area contributed by atoms with Crippen LogP contribution in [0.5, 0.6) is 0 Å². The molecule has 1 aromatic rings. The Morgan fingerprint density at radius 2 is 1.95 bits per heavy atom. The molecule has 0 spiro atoms.